The molecule has 1 N–H and O–H groups in total. The Hall–Kier alpha value is -4.17. The highest BCUT2D eigenvalue weighted by Crippen LogP contribution is 2.44. The van der Waals surface area contributed by atoms with Crippen LogP contribution < -0.4 is 14.4 Å². The number of hydrogen-bond donors (Lipinski definition) is 1. The van der Waals surface area contributed by atoms with Crippen molar-refractivity contribution >= 4 is 44.1 Å². The zero-order chi connectivity index (χ0) is 25.6. The lowest BCUT2D eigenvalue weighted by Gasteiger charge is -2.23. The molecular formula is C28H24N2O5S. The Morgan fingerprint density at radius 2 is 1.72 bits per heavy atom. The van der Waals surface area contributed by atoms with Crippen LogP contribution in [0.3, 0.4) is 0 Å². The quantitative estimate of drug-likeness (QED) is 0.219. The molecule has 1 fully saturated rings. The predicted molar refractivity (Wildman–Crippen MR) is 140 cm³/mol. The van der Waals surface area contributed by atoms with Gasteiger partial charge in [0, 0.05) is 5.56 Å². The van der Waals surface area contributed by atoms with Crippen LogP contribution in [0.25, 0.3) is 16.0 Å². The minimum Gasteiger partial charge on any atom is -0.507 e. The fourth-order valence-electron chi connectivity index (χ4n) is 4.44. The van der Waals surface area contributed by atoms with Crippen LogP contribution in [0.5, 0.6) is 11.5 Å². The van der Waals surface area contributed by atoms with Crippen molar-refractivity contribution in [1.82, 2.24) is 4.98 Å². The highest BCUT2D eigenvalue weighted by Gasteiger charge is 2.48. The maximum atomic E-state index is 13.4. The number of benzene rings is 3. The number of amides is 1. The van der Waals surface area contributed by atoms with E-state index in [4.69, 9.17) is 9.47 Å². The summed E-state index contributed by atoms with van der Waals surface area (Å²) in [4.78, 5) is 32.9. The summed E-state index contributed by atoms with van der Waals surface area (Å²) in [6.07, 6.45) is 0. The summed E-state index contributed by atoms with van der Waals surface area (Å²) >= 11 is 1.33. The smallest absolute Gasteiger partial charge is 0.301 e. The summed E-state index contributed by atoms with van der Waals surface area (Å²) in [7, 11) is 3.13. The van der Waals surface area contributed by atoms with Crippen LogP contribution >= 0.6 is 11.3 Å². The van der Waals surface area contributed by atoms with Gasteiger partial charge in [-0.25, -0.2) is 4.98 Å². The third kappa shape index (κ3) is 3.89. The second-order valence-electron chi connectivity index (χ2n) is 8.59. The van der Waals surface area contributed by atoms with E-state index in [1.54, 1.807) is 56.7 Å². The SMILES string of the molecule is COc1ccc([C@H]2C(=C(O)c3ccc(OC)c(C)c3)C(=O)C(=O)N2c2nc3ccc(C)cc3s2)cc1. The lowest BCUT2D eigenvalue weighted by molar-refractivity contribution is -0.132. The molecule has 3 aromatic carbocycles. The third-order valence-corrected chi connectivity index (χ3v) is 7.30. The number of nitrogens with zero attached hydrogens (tertiary/aromatic N) is 2. The number of methoxy groups -OCH3 is 2. The molecule has 4 aromatic rings. The van der Waals surface area contributed by atoms with Gasteiger partial charge in [-0.3, -0.25) is 14.5 Å². The largest absolute Gasteiger partial charge is 0.507 e. The minimum absolute atomic E-state index is 0.00479. The first kappa shape index (κ1) is 23.6. The van der Waals surface area contributed by atoms with E-state index in [1.807, 2.05) is 32.0 Å². The first-order chi connectivity index (χ1) is 17.3. The van der Waals surface area contributed by atoms with Gasteiger partial charge >= 0.3 is 5.91 Å². The van der Waals surface area contributed by atoms with E-state index in [0.29, 0.717) is 27.8 Å². The Balaban J connectivity index is 1.71. The van der Waals surface area contributed by atoms with Gasteiger partial charge in [-0.1, -0.05) is 29.5 Å². The standard InChI is InChI=1S/C28H24N2O5S/c1-15-5-11-20-22(13-15)36-28(29-20)30-24(17-6-9-19(34-3)10-7-17)23(26(32)27(30)33)25(31)18-8-12-21(35-4)16(2)14-18/h5-14,24,31H,1-4H3/t24-/m0/s1. The second kappa shape index (κ2) is 9.13. The number of aliphatic hydroxyl groups is 1. The number of aliphatic hydroxyl groups excluding tert-OH is 1. The highest BCUT2D eigenvalue weighted by atomic mass is 32.1. The van der Waals surface area contributed by atoms with Crippen molar-refractivity contribution in [2.24, 2.45) is 0 Å². The van der Waals surface area contributed by atoms with Gasteiger partial charge in [-0.15, -0.1) is 0 Å². The number of hydrogen-bond acceptors (Lipinski definition) is 7. The summed E-state index contributed by atoms with van der Waals surface area (Å²) < 4.78 is 11.5. The zero-order valence-electron chi connectivity index (χ0n) is 20.2. The lowest BCUT2D eigenvalue weighted by Crippen LogP contribution is -2.29. The van der Waals surface area contributed by atoms with Gasteiger partial charge in [0.1, 0.15) is 17.3 Å². The number of anilines is 1. The Kier molecular flexibility index (Phi) is 5.97. The number of Topliss-reactive ketones (excluding diaryl/α,β-unsaturated/α-hetero) is 1. The maximum absolute atomic E-state index is 13.4. The average Bonchev–Trinajstić information content (AvgIpc) is 3.41. The fourth-order valence-corrected chi connectivity index (χ4v) is 5.53. The van der Waals surface area contributed by atoms with Crippen LogP contribution in [0, 0.1) is 13.8 Å². The molecular weight excluding hydrogens is 476 g/mol. The van der Waals surface area contributed by atoms with Crippen LogP contribution in [-0.4, -0.2) is 36.0 Å². The molecule has 1 aliphatic rings. The van der Waals surface area contributed by atoms with Gasteiger partial charge in [0.05, 0.1) is 36.1 Å². The van der Waals surface area contributed by atoms with Crippen LogP contribution in [0.4, 0.5) is 5.13 Å². The molecule has 8 heteroatoms. The van der Waals surface area contributed by atoms with Gasteiger partial charge in [0.15, 0.2) is 5.13 Å². The first-order valence-electron chi connectivity index (χ1n) is 11.3. The molecule has 36 heavy (non-hydrogen) atoms. The van der Waals surface area contributed by atoms with Gasteiger partial charge in [-0.2, -0.15) is 0 Å². The van der Waals surface area contributed by atoms with E-state index < -0.39 is 17.7 Å². The molecule has 0 spiro atoms. The van der Waals surface area contributed by atoms with Crippen LogP contribution in [0.15, 0.2) is 66.2 Å². The van der Waals surface area contributed by atoms with Crippen LogP contribution in [0.2, 0.25) is 0 Å². The van der Waals surface area contributed by atoms with Gasteiger partial charge < -0.3 is 14.6 Å². The van der Waals surface area contributed by atoms with Gasteiger partial charge in [0.2, 0.25) is 0 Å². The van der Waals surface area contributed by atoms with E-state index in [-0.39, 0.29) is 11.3 Å². The van der Waals surface area contributed by atoms with E-state index >= 15 is 0 Å². The first-order valence-corrected chi connectivity index (χ1v) is 12.1. The van der Waals surface area contributed by atoms with E-state index in [9.17, 15) is 14.7 Å². The monoisotopic (exact) mass is 500 g/mol. The molecule has 0 saturated carbocycles. The minimum atomic E-state index is -0.861. The molecule has 0 aliphatic carbocycles. The number of ketones is 1. The summed E-state index contributed by atoms with van der Waals surface area (Å²) in [6.45, 7) is 3.83. The molecule has 5 rings (SSSR count). The number of ether oxygens (including phenoxy) is 2. The number of aromatic nitrogens is 1. The van der Waals surface area contributed by atoms with Crippen molar-refractivity contribution in [2.75, 3.05) is 19.1 Å². The van der Waals surface area contributed by atoms with Crippen molar-refractivity contribution in [1.29, 1.82) is 0 Å². The Morgan fingerprint density at radius 1 is 0.972 bits per heavy atom. The molecule has 1 aromatic heterocycles. The molecule has 1 aliphatic heterocycles. The summed E-state index contributed by atoms with van der Waals surface area (Å²) in [5.41, 5.74) is 3.67. The van der Waals surface area contributed by atoms with Crippen molar-refractivity contribution in [3.05, 3.63) is 88.5 Å². The van der Waals surface area contributed by atoms with Crippen LogP contribution in [-0.2, 0) is 9.59 Å². The Bertz CT molecular complexity index is 1540. The lowest BCUT2D eigenvalue weighted by atomic mass is 9.95. The van der Waals surface area contributed by atoms with Crippen molar-refractivity contribution in [3.8, 4) is 11.5 Å². The molecule has 0 bridgehead atoms. The Labute approximate surface area is 212 Å². The fraction of sp³-hybridized carbons (Fsp3) is 0.179. The predicted octanol–water partition coefficient (Wildman–Crippen LogP) is 5.56. The molecule has 2 heterocycles. The number of aryl methyl sites for hydroxylation is 2. The number of carbonyl (C=O) groups is 2. The molecule has 0 unspecified atom stereocenters. The average molecular weight is 501 g/mol. The molecule has 1 atom stereocenters. The van der Waals surface area contributed by atoms with Crippen LogP contribution in [0.1, 0.15) is 28.3 Å². The van der Waals surface area contributed by atoms with E-state index in [1.165, 1.54) is 16.2 Å². The second-order valence-corrected chi connectivity index (χ2v) is 9.60. The third-order valence-electron chi connectivity index (χ3n) is 6.28. The summed E-state index contributed by atoms with van der Waals surface area (Å²) in [5, 5.41) is 11.8. The van der Waals surface area contributed by atoms with Crippen molar-refractivity contribution in [3.63, 3.8) is 0 Å². The number of thiazole rings is 1. The number of carbonyl (C=O) groups excluding carboxylic acids is 2. The zero-order valence-corrected chi connectivity index (χ0v) is 21.1. The molecule has 7 nitrogen and oxygen atoms in total. The molecule has 0 radical (unpaired) electrons. The van der Waals surface area contributed by atoms with Gasteiger partial charge in [-0.05, 0) is 73.0 Å². The summed E-state index contributed by atoms with van der Waals surface area (Å²) in [5.74, 6) is -0.463. The maximum Gasteiger partial charge on any atom is 0.301 e. The van der Waals surface area contributed by atoms with Crippen molar-refractivity contribution in [2.45, 2.75) is 19.9 Å². The molecule has 1 amide bonds. The highest BCUT2D eigenvalue weighted by molar-refractivity contribution is 7.22. The molecule has 182 valence electrons. The number of fused-ring (bicyclic) bond motifs is 1. The van der Waals surface area contributed by atoms with E-state index in [0.717, 1.165) is 21.3 Å². The summed E-state index contributed by atoms with van der Waals surface area (Å²) in [6, 6.07) is 17.2. The normalized spacial score (nSPS) is 17.1. The van der Waals surface area contributed by atoms with E-state index in [2.05, 4.69) is 4.98 Å². The van der Waals surface area contributed by atoms with Gasteiger partial charge in [0.25, 0.3) is 5.78 Å². The van der Waals surface area contributed by atoms with Crippen molar-refractivity contribution < 1.29 is 24.2 Å². The number of rotatable bonds is 5. The Morgan fingerprint density at radius 3 is 2.39 bits per heavy atom. The topological polar surface area (TPSA) is 89.0 Å². The molecule has 1 saturated heterocycles.